The van der Waals surface area contributed by atoms with Gasteiger partial charge < -0.3 is 10.1 Å². The van der Waals surface area contributed by atoms with Crippen molar-refractivity contribution in [3.8, 4) is 0 Å². The van der Waals surface area contributed by atoms with Gasteiger partial charge in [-0.05, 0) is 44.0 Å². The molecule has 1 aromatic carbocycles. The minimum atomic E-state index is 0.307. The smallest absolute Gasteiger partial charge is 0.0720 e. The zero-order valence-corrected chi connectivity index (χ0v) is 12.8. The molecule has 1 aromatic rings. The predicted molar refractivity (Wildman–Crippen MR) is 80.5 cm³/mol. The summed E-state index contributed by atoms with van der Waals surface area (Å²) in [6.45, 7) is 5.22. The van der Waals surface area contributed by atoms with Crippen LogP contribution < -0.4 is 5.32 Å². The Bertz CT molecular complexity index is 400. The van der Waals surface area contributed by atoms with Crippen LogP contribution in [-0.2, 0) is 11.3 Å². The molecule has 0 aliphatic heterocycles. The molecule has 0 spiro atoms. The van der Waals surface area contributed by atoms with Gasteiger partial charge in [-0.15, -0.1) is 0 Å². The van der Waals surface area contributed by atoms with Gasteiger partial charge >= 0.3 is 0 Å². The predicted octanol–water partition coefficient (Wildman–Crippen LogP) is 4.02. The zero-order valence-electron chi connectivity index (χ0n) is 12.1. The molecule has 2 rings (SSSR count). The number of rotatable bonds is 6. The number of hydrogen-bond acceptors (Lipinski definition) is 2. The van der Waals surface area contributed by atoms with E-state index >= 15 is 0 Å². The van der Waals surface area contributed by atoms with Crippen LogP contribution >= 0.6 is 11.6 Å². The number of benzene rings is 1. The third-order valence-corrected chi connectivity index (χ3v) is 5.07. The van der Waals surface area contributed by atoms with Crippen molar-refractivity contribution >= 4 is 11.6 Å². The maximum Gasteiger partial charge on any atom is 0.0720 e. The standard InChI is InChI=1S/C16H24ClNO/c1-4-16(5-2)14(18-3)10-15(16)19-11-12-6-8-13(17)9-7-12/h6-9,14-15,18H,4-5,10-11H2,1-3H3. The van der Waals surface area contributed by atoms with Crippen LogP contribution in [0.5, 0.6) is 0 Å². The van der Waals surface area contributed by atoms with Crippen molar-refractivity contribution in [3.63, 3.8) is 0 Å². The van der Waals surface area contributed by atoms with Crippen molar-refractivity contribution < 1.29 is 4.74 Å². The second-order valence-corrected chi connectivity index (χ2v) is 5.88. The van der Waals surface area contributed by atoms with E-state index in [-0.39, 0.29) is 0 Å². The summed E-state index contributed by atoms with van der Waals surface area (Å²) < 4.78 is 6.15. The summed E-state index contributed by atoms with van der Waals surface area (Å²) in [5, 5.41) is 4.21. The van der Waals surface area contributed by atoms with E-state index in [0.717, 1.165) is 11.4 Å². The number of halogens is 1. The first kappa shape index (κ1) is 14.8. The quantitative estimate of drug-likeness (QED) is 0.850. The van der Waals surface area contributed by atoms with Gasteiger partial charge in [0, 0.05) is 16.5 Å². The number of nitrogens with one attached hydrogen (secondary N) is 1. The molecule has 0 saturated heterocycles. The van der Waals surface area contributed by atoms with E-state index < -0.39 is 0 Å². The summed E-state index contributed by atoms with van der Waals surface area (Å²) in [7, 11) is 2.06. The maximum absolute atomic E-state index is 6.15. The highest BCUT2D eigenvalue weighted by Crippen LogP contribution is 2.48. The number of hydrogen-bond donors (Lipinski definition) is 1. The normalized spacial score (nSPS) is 25.1. The Morgan fingerprint density at radius 1 is 1.26 bits per heavy atom. The van der Waals surface area contributed by atoms with E-state index in [4.69, 9.17) is 16.3 Å². The average Bonchev–Trinajstić information content (AvgIpc) is 2.41. The molecule has 0 aromatic heterocycles. The van der Waals surface area contributed by atoms with Crippen LogP contribution in [0.15, 0.2) is 24.3 Å². The Balaban J connectivity index is 1.94. The first-order valence-corrected chi connectivity index (χ1v) is 7.57. The molecule has 1 saturated carbocycles. The van der Waals surface area contributed by atoms with Crippen LogP contribution in [0.1, 0.15) is 38.7 Å². The Morgan fingerprint density at radius 2 is 1.89 bits per heavy atom. The molecule has 1 aliphatic rings. The van der Waals surface area contributed by atoms with Gasteiger partial charge in [0.1, 0.15) is 0 Å². The van der Waals surface area contributed by atoms with Gasteiger partial charge in [0.25, 0.3) is 0 Å². The minimum Gasteiger partial charge on any atom is -0.373 e. The van der Waals surface area contributed by atoms with Crippen LogP contribution in [-0.4, -0.2) is 19.2 Å². The topological polar surface area (TPSA) is 21.3 Å². The van der Waals surface area contributed by atoms with Crippen molar-refractivity contribution in [1.82, 2.24) is 5.32 Å². The molecule has 2 nitrogen and oxygen atoms in total. The molecular formula is C16H24ClNO. The lowest BCUT2D eigenvalue weighted by molar-refractivity contribution is -0.145. The highest BCUT2D eigenvalue weighted by Gasteiger charge is 2.52. The summed E-state index contributed by atoms with van der Waals surface area (Å²) >= 11 is 5.89. The highest BCUT2D eigenvalue weighted by molar-refractivity contribution is 6.30. The third kappa shape index (κ3) is 2.81. The fourth-order valence-electron chi connectivity index (χ4n) is 3.36. The van der Waals surface area contributed by atoms with Crippen molar-refractivity contribution in [1.29, 1.82) is 0 Å². The molecule has 0 bridgehead atoms. The van der Waals surface area contributed by atoms with Crippen LogP contribution in [0.4, 0.5) is 0 Å². The Morgan fingerprint density at radius 3 is 2.42 bits per heavy atom. The van der Waals surface area contributed by atoms with E-state index in [9.17, 15) is 0 Å². The van der Waals surface area contributed by atoms with E-state index in [1.165, 1.54) is 18.4 Å². The summed E-state index contributed by atoms with van der Waals surface area (Å²) in [4.78, 5) is 0. The molecule has 1 N–H and O–H groups in total. The molecule has 0 heterocycles. The molecule has 0 amide bonds. The highest BCUT2D eigenvalue weighted by atomic mass is 35.5. The number of ether oxygens (including phenoxy) is 1. The summed E-state index contributed by atoms with van der Waals surface area (Å²) in [6.07, 6.45) is 3.82. The van der Waals surface area contributed by atoms with E-state index in [2.05, 4.69) is 26.2 Å². The van der Waals surface area contributed by atoms with Crippen molar-refractivity contribution in [2.24, 2.45) is 5.41 Å². The Hall–Kier alpha value is -0.570. The second kappa shape index (κ2) is 6.25. The monoisotopic (exact) mass is 281 g/mol. The third-order valence-electron chi connectivity index (χ3n) is 4.81. The van der Waals surface area contributed by atoms with E-state index in [1.807, 2.05) is 24.3 Å². The van der Waals surface area contributed by atoms with E-state index in [1.54, 1.807) is 0 Å². The van der Waals surface area contributed by atoms with Crippen molar-refractivity contribution in [2.45, 2.75) is 51.9 Å². The first-order chi connectivity index (χ1) is 9.16. The van der Waals surface area contributed by atoms with E-state index in [0.29, 0.717) is 24.2 Å². The lowest BCUT2D eigenvalue weighted by atomic mass is 9.58. The maximum atomic E-state index is 6.15. The molecule has 106 valence electrons. The molecular weight excluding hydrogens is 258 g/mol. The lowest BCUT2D eigenvalue weighted by Crippen LogP contribution is -2.62. The van der Waals surface area contributed by atoms with Gasteiger partial charge in [-0.3, -0.25) is 0 Å². The van der Waals surface area contributed by atoms with Crippen LogP contribution in [0.3, 0.4) is 0 Å². The fraction of sp³-hybridized carbons (Fsp3) is 0.625. The fourth-order valence-corrected chi connectivity index (χ4v) is 3.49. The molecule has 3 heteroatoms. The van der Waals surface area contributed by atoms with Gasteiger partial charge in [0.05, 0.1) is 12.7 Å². The largest absolute Gasteiger partial charge is 0.373 e. The Kier molecular flexibility index (Phi) is 4.88. The minimum absolute atomic E-state index is 0.307. The van der Waals surface area contributed by atoms with Crippen LogP contribution in [0.25, 0.3) is 0 Å². The molecule has 2 atom stereocenters. The lowest BCUT2D eigenvalue weighted by Gasteiger charge is -2.55. The zero-order chi connectivity index (χ0) is 13.9. The molecule has 19 heavy (non-hydrogen) atoms. The van der Waals surface area contributed by atoms with Crippen molar-refractivity contribution in [3.05, 3.63) is 34.9 Å². The first-order valence-electron chi connectivity index (χ1n) is 7.19. The van der Waals surface area contributed by atoms with Crippen LogP contribution in [0, 0.1) is 5.41 Å². The van der Waals surface area contributed by atoms with Gasteiger partial charge in [0.2, 0.25) is 0 Å². The summed E-state index contributed by atoms with van der Waals surface area (Å²) in [6, 6.07) is 8.51. The molecule has 1 aliphatic carbocycles. The summed E-state index contributed by atoms with van der Waals surface area (Å²) in [5.41, 5.74) is 1.50. The average molecular weight is 282 g/mol. The molecule has 0 radical (unpaired) electrons. The van der Waals surface area contributed by atoms with Gasteiger partial charge in [-0.25, -0.2) is 0 Å². The van der Waals surface area contributed by atoms with Gasteiger partial charge in [-0.1, -0.05) is 37.6 Å². The molecule has 2 unspecified atom stereocenters. The molecule has 1 fully saturated rings. The van der Waals surface area contributed by atoms with Crippen molar-refractivity contribution in [2.75, 3.05) is 7.05 Å². The SMILES string of the molecule is CCC1(CC)C(NC)CC1OCc1ccc(Cl)cc1. The van der Waals surface area contributed by atoms with Crippen LogP contribution in [0.2, 0.25) is 5.02 Å². The van der Waals surface area contributed by atoms with Gasteiger partial charge in [0.15, 0.2) is 0 Å². The Labute approximate surface area is 121 Å². The second-order valence-electron chi connectivity index (χ2n) is 5.44. The van der Waals surface area contributed by atoms with Gasteiger partial charge in [-0.2, -0.15) is 0 Å². The summed E-state index contributed by atoms with van der Waals surface area (Å²) in [5.74, 6) is 0.